The molecule has 0 aliphatic carbocycles. The lowest BCUT2D eigenvalue weighted by atomic mass is 10.1. The van der Waals surface area contributed by atoms with Crippen LogP contribution in [0.4, 0.5) is 13.2 Å². The van der Waals surface area contributed by atoms with Crippen molar-refractivity contribution < 1.29 is 13.2 Å². The maximum absolute atomic E-state index is 12.5. The van der Waals surface area contributed by atoms with Crippen LogP contribution in [-0.2, 0) is 12.7 Å². The first-order valence-corrected chi connectivity index (χ1v) is 4.59. The lowest BCUT2D eigenvalue weighted by Crippen LogP contribution is -2.22. The SMILES string of the molecule is Cl.NC(N)=NCc1ccc(Cl)c(C(F)(F)F)c1. The van der Waals surface area contributed by atoms with Gasteiger partial charge in [0.25, 0.3) is 0 Å². The summed E-state index contributed by atoms with van der Waals surface area (Å²) in [6.07, 6.45) is -4.48. The van der Waals surface area contributed by atoms with Crippen molar-refractivity contribution in [2.75, 3.05) is 0 Å². The Bertz CT molecular complexity index is 414. The molecule has 0 unspecified atom stereocenters. The molecule has 0 radical (unpaired) electrons. The van der Waals surface area contributed by atoms with Crippen molar-refractivity contribution >= 4 is 30.0 Å². The minimum atomic E-state index is -4.48. The Morgan fingerprint density at radius 3 is 2.35 bits per heavy atom. The van der Waals surface area contributed by atoms with E-state index in [4.69, 9.17) is 23.1 Å². The summed E-state index contributed by atoms with van der Waals surface area (Å²) in [7, 11) is 0. The van der Waals surface area contributed by atoms with Crippen LogP contribution in [0.15, 0.2) is 23.2 Å². The lowest BCUT2D eigenvalue weighted by molar-refractivity contribution is -0.137. The van der Waals surface area contributed by atoms with Crippen molar-refractivity contribution in [3.05, 3.63) is 34.3 Å². The Hall–Kier alpha value is -1.14. The fourth-order valence-electron chi connectivity index (χ4n) is 1.07. The molecule has 0 atom stereocenters. The molecule has 0 aliphatic rings. The molecule has 1 rings (SSSR count). The fraction of sp³-hybridized carbons (Fsp3) is 0.222. The summed E-state index contributed by atoms with van der Waals surface area (Å²) in [5.41, 5.74) is 9.59. The van der Waals surface area contributed by atoms with E-state index in [2.05, 4.69) is 4.99 Å². The van der Waals surface area contributed by atoms with Crippen LogP contribution in [0, 0.1) is 0 Å². The molecule has 0 aromatic heterocycles. The van der Waals surface area contributed by atoms with Gasteiger partial charge < -0.3 is 11.5 Å². The van der Waals surface area contributed by atoms with E-state index in [-0.39, 0.29) is 29.9 Å². The second-order valence-corrected chi connectivity index (χ2v) is 3.46. The standard InChI is InChI=1S/C9H9ClF3N3.ClH/c10-7-2-1-5(4-16-8(14)15)3-6(7)9(11,12)13;/h1-3H,4H2,(H4,14,15,16);1H. The van der Waals surface area contributed by atoms with Crippen LogP contribution in [0.25, 0.3) is 0 Å². The van der Waals surface area contributed by atoms with E-state index in [1.165, 1.54) is 12.1 Å². The Balaban J connectivity index is 0.00000256. The van der Waals surface area contributed by atoms with Crippen molar-refractivity contribution in [2.24, 2.45) is 16.5 Å². The zero-order chi connectivity index (χ0) is 12.3. The summed E-state index contributed by atoms with van der Waals surface area (Å²) in [5, 5.41) is -0.346. The summed E-state index contributed by atoms with van der Waals surface area (Å²) < 4.78 is 37.4. The molecule has 1 aromatic rings. The molecule has 96 valence electrons. The van der Waals surface area contributed by atoms with E-state index >= 15 is 0 Å². The normalized spacial score (nSPS) is 10.6. The summed E-state index contributed by atoms with van der Waals surface area (Å²) in [5.74, 6) is -0.177. The molecule has 8 heteroatoms. The van der Waals surface area contributed by atoms with Crippen LogP contribution in [0.3, 0.4) is 0 Å². The van der Waals surface area contributed by atoms with E-state index in [0.717, 1.165) is 6.07 Å². The molecule has 17 heavy (non-hydrogen) atoms. The molecule has 0 aliphatic heterocycles. The number of benzene rings is 1. The highest BCUT2D eigenvalue weighted by Gasteiger charge is 2.33. The predicted molar refractivity (Wildman–Crippen MR) is 63.2 cm³/mol. The molecular weight excluding hydrogens is 278 g/mol. The number of guanidine groups is 1. The van der Waals surface area contributed by atoms with Gasteiger partial charge in [-0.3, -0.25) is 0 Å². The number of alkyl halides is 3. The molecule has 0 bridgehead atoms. The van der Waals surface area contributed by atoms with Crippen molar-refractivity contribution in [1.82, 2.24) is 0 Å². The number of hydrogen-bond donors (Lipinski definition) is 2. The average Bonchev–Trinajstić information content (AvgIpc) is 2.14. The van der Waals surface area contributed by atoms with Gasteiger partial charge in [-0.25, -0.2) is 4.99 Å². The molecule has 0 amide bonds. The number of hydrogen-bond acceptors (Lipinski definition) is 1. The second-order valence-electron chi connectivity index (χ2n) is 3.05. The van der Waals surface area contributed by atoms with E-state index in [1.807, 2.05) is 0 Å². The van der Waals surface area contributed by atoms with Crippen LogP contribution in [0.5, 0.6) is 0 Å². The zero-order valence-corrected chi connectivity index (χ0v) is 10.0. The third-order valence-electron chi connectivity index (χ3n) is 1.78. The predicted octanol–water partition coefficient (Wildman–Crippen LogP) is 2.55. The smallest absolute Gasteiger partial charge is 0.370 e. The van der Waals surface area contributed by atoms with Crippen LogP contribution < -0.4 is 11.5 Å². The van der Waals surface area contributed by atoms with Crippen molar-refractivity contribution in [2.45, 2.75) is 12.7 Å². The van der Waals surface area contributed by atoms with Gasteiger partial charge in [0.05, 0.1) is 17.1 Å². The molecule has 0 heterocycles. The highest BCUT2D eigenvalue weighted by molar-refractivity contribution is 6.31. The molecule has 4 N–H and O–H groups in total. The summed E-state index contributed by atoms with van der Waals surface area (Å²) in [6, 6.07) is 3.53. The quantitative estimate of drug-likeness (QED) is 0.649. The molecule has 3 nitrogen and oxygen atoms in total. The Kier molecular flexibility index (Phi) is 5.57. The fourth-order valence-corrected chi connectivity index (χ4v) is 1.30. The summed E-state index contributed by atoms with van der Waals surface area (Å²) in [6.45, 7) is -0.0113. The minimum Gasteiger partial charge on any atom is -0.370 e. The topological polar surface area (TPSA) is 64.4 Å². The number of halogens is 5. The van der Waals surface area contributed by atoms with Gasteiger partial charge in [-0.15, -0.1) is 12.4 Å². The summed E-state index contributed by atoms with van der Waals surface area (Å²) in [4.78, 5) is 3.61. The maximum atomic E-state index is 12.5. The van der Waals surface area contributed by atoms with Crippen LogP contribution in [0.1, 0.15) is 11.1 Å². The van der Waals surface area contributed by atoms with Gasteiger partial charge in [-0.05, 0) is 17.7 Å². The zero-order valence-electron chi connectivity index (χ0n) is 8.46. The number of nitrogens with zero attached hydrogens (tertiary/aromatic N) is 1. The van der Waals surface area contributed by atoms with Gasteiger partial charge in [0.2, 0.25) is 0 Å². The molecule has 0 saturated carbocycles. The second kappa shape index (κ2) is 5.97. The number of rotatable bonds is 2. The van der Waals surface area contributed by atoms with E-state index in [0.29, 0.717) is 5.56 Å². The molecule has 0 spiro atoms. The van der Waals surface area contributed by atoms with Crippen LogP contribution >= 0.6 is 24.0 Å². The third kappa shape index (κ3) is 4.70. The molecule has 0 saturated heterocycles. The van der Waals surface area contributed by atoms with E-state index < -0.39 is 11.7 Å². The molecule has 0 fully saturated rings. The van der Waals surface area contributed by atoms with Crippen molar-refractivity contribution in [3.63, 3.8) is 0 Å². The Labute approximate surface area is 107 Å². The molecular formula is C9H10Cl2F3N3. The average molecular weight is 288 g/mol. The number of nitrogens with two attached hydrogens (primary N) is 2. The lowest BCUT2D eigenvalue weighted by Gasteiger charge is -2.09. The monoisotopic (exact) mass is 287 g/mol. The van der Waals surface area contributed by atoms with Gasteiger partial charge in [0, 0.05) is 0 Å². The Morgan fingerprint density at radius 2 is 1.88 bits per heavy atom. The van der Waals surface area contributed by atoms with E-state index in [1.54, 1.807) is 0 Å². The minimum absolute atomic E-state index is 0. The largest absolute Gasteiger partial charge is 0.417 e. The van der Waals surface area contributed by atoms with Gasteiger partial charge in [-0.1, -0.05) is 17.7 Å². The van der Waals surface area contributed by atoms with Gasteiger partial charge in [0.1, 0.15) is 0 Å². The van der Waals surface area contributed by atoms with Gasteiger partial charge in [-0.2, -0.15) is 13.2 Å². The van der Waals surface area contributed by atoms with Crippen LogP contribution in [0.2, 0.25) is 5.02 Å². The van der Waals surface area contributed by atoms with Crippen molar-refractivity contribution in [3.8, 4) is 0 Å². The van der Waals surface area contributed by atoms with Gasteiger partial charge in [0.15, 0.2) is 5.96 Å². The highest BCUT2D eigenvalue weighted by atomic mass is 35.5. The first-order chi connectivity index (χ1) is 7.30. The van der Waals surface area contributed by atoms with Crippen molar-refractivity contribution in [1.29, 1.82) is 0 Å². The van der Waals surface area contributed by atoms with Crippen LogP contribution in [-0.4, -0.2) is 5.96 Å². The maximum Gasteiger partial charge on any atom is 0.417 e. The number of aliphatic imine (C=N–C) groups is 1. The first-order valence-electron chi connectivity index (χ1n) is 4.21. The summed E-state index contributed by atoms with van der Waals surface area (Å²) >= 11 is 5.44. The highest BCUT2D eigenvalue weighted by Crippen LogP contribution is 2.35. The third-order valence-corrected chi connectivity index (χ3v) is 2.11. The first kappa shape index (κ1) is 15.9. The molecule has 1 aromatic carbocycles. The van der Waals surface area contributed by atoms with Gasteiger partial charge >= 0.3 is 6.18 Å². The Morgan fingerprint density at radius 1 is 1.29 bits per heavy atom. The van der Waals surface area contributed by atoms with E-state index in [9.17, 15) is 13.2 Å².